The molecule has 0 bridgehead atoms. The monoisotopic (exact) mass is 560 g/mol. The van der Waals surface area contributed by atoms with Crippen molar-refractivity contribution < 1.29 is 13.9 Å². The Bertz CT molecular complexity index is 2030. The first-order valence-corrected chi connectivity index (χ1v) is 14.7. The van der Waals surface area contributed by atoms with E-state index in [0.717, 1.165) is 35.7 Å². The zero-order chi connectivity index (χ0) is 28.8. The molecule has 8 rings (SSSR count). The van der Waals surface area contributed by atoms with Gasteiger partial charge in [-0.2, -0.15) is 0 Å². The van der Waals surface area contributed by atoms with Crippen LogP contribution in [0.4, 0.5) is 4.39 Å². The molecule has 7 heteroatoms. The van der Waals surface area contributed by atoms with Crippen LogP contribution in [-0.2, 0) is 15.6 Å². The molecule has 2 aliphatic heterocycles. The predicted octanol–water partition coefficient (Wildman–Crippen LogP) is 8.70. The second kappa shape index (κ2) is 8.88. The highest BCUT2D eigenvalue weighted by molar-refractivity contribution is 6.13. The molecule has 1 fully saturated rings. The van der Waals surface area contributed by atoms with E-state index in [-0.39, 0.29) is 22.9 Å². The molecule has 0 amide bonds. The van der Waals surface area contributed by atoms with Crippen molar-refractivity contribution in [2.75, 3.05) is 6.61 Å². The standard InChI is InChI=1S/C35H33FN4O2/c1-34(2)27-9-7-8-24-23-13-11-21(18-25(23)33-38-20-29(35(34,3)4)40(33)31(24)27)42-22-12-14-28(36)26(19-22)32-37-15-16-39(32)30-10-5-6-17-41-30/h7-9,11-16,18-20,30H,5-6,10,17H2,1-4H3. The van der Waals surface area contributed by atoms with Gasteiger partial charge >= 0.3 is 0 Å². The van der Waals surface area contributed by atoms with Gasteiger partial charge in [-0.25, -0.2) is 14.4 Å². The molecular formula is C35H33FN4O2. The van der Waals surface area contributed by atoms with E-state index in [9.17, 15) is 0 Å². The fourth-order valence-electron chi connectivity index (χ4n) is 6.95. The van der Waals surface area contributed by atoms with Crippen molar-refractivity contribution in [1.82, 2.24) is 18.9 Å². The first-order valence-electron chi connectivity index (χ1n) is 14.7. The Balaban J connectivity index is 1.24. The van der Waals surface area contributed by atoms with E-state index in [1.165, 1.54) is 28.2 Å². The predicted molar refractivity (Wildman–Crippen MR) is 163 cm³/mol. The number of benzene rings is 3. The summed E-state index contributed by atoms with van der Waals surface area (Å²) in [6.07, 6.45) is 8.45. The molecule has 0 radical (unpaired) electrons. The highest BCUT2D eigenvalue weighted by Crippen LogP contribution is 2.51. The summed E-state index contributed by atoms with van der Waals surface area (Å²) in [6.45, 7) is 9.97. The van der Waals surface area contributed by atoms with Crippen LogP contribution < -0.4 is 4.74 Å². The number of fused-ring (bicyclic) bond motifs is 3. The Morgan fingerprint density at radius 1 is 0.905 bits per heavy atom. The summed E-state index contributed by atoms with van der Waals surface area (Å²) in [7, 11) is 0. The van der Waals surface area contributed by atoms with Gasteiger partial charge < -0.3 is 14.0 Å². The lowest BCUT2D eigenvalue weighted by Crippen LogP contribution is -2.44. The molecule has 0 spiro atoms. The number of halogens is 1. The SMILES string of the molecule is CC1(C)c2cccc3c4ccc(Oc5ccc(F)c(-c6nccn6C6CCCCO6)c5)cc4c4ncc(n4c23)C1(C)C. The molecule has 212 valence electrons. The number of para-hydroxylation sites is 1. The second-order valence-corrected chi connectivity index (χ2v) is 12.7. The van der Waals surface area contributed by atoms with E-state index in [1.54, 1.807) is 18.3 Å². The summed E-state index contributed by atoms with van der Waals surface area (Å²) in [5.74, 6) is 1.39. The Hall–Kier alpha value is -4.23. The van der Waals surface area contributed by atoms with Gasteiger partial charge in [-0.3, -0.25) is 4.40 Å². The van der Waals surface area contributed by atoms with E-state index in [1.807, 2.05) is 29.1 Å². The average Bonchev–Trinajstić information content (AvgIpc) is 3.67. The van der Waals surface area contributed by atoms with Crippen molar-refractivity contribution in [3.05, 3.63) is 90.3 Å². The zero-order valence-electron chi connectivity index (χ0n) is 24.3. The van der Waals surface area contributed by atoms with Crippen LogP contribution in [0.3, 0.4) is 0 Å². The number of rotatable bonds is 4. The highest BCUT2D eigenvalue weighted by atomic mass is 19.1. The molecule has 3 aromatic carbocycles. The lowest BCUT2D eigenvalue weighted by molar-refractivity contribution is -0.0309. The highest BCUT2D eigenvalue weighted by Gasteiger charge is 2.46. The minimum Gasteiger partial charge on any atom is -0.457 e. The summed E-state index contributed by atoms with van der Waals surface area (Å²) >= 11 is 0. The molecule has 5 heterocycles. The van der Waals surface area contributed by atoms with Crippen molar-refractivity contribution >= 4 is 27.3 Å². The topological polar surface area (TPSA) is 53.6 Å². The van der Waals surface area contributed by atoms with Crippen LogP contribution in [0.2, 0.25) is 0 Å². The van der Waals surface area contributed by atoms with E-state index in [4.69, 9.17) is 14.5 Å². The third kappa shape index (κ3) is 3.46. The van der Waals surface area contributed by atoms with Gasteiger partial charge in [-0.05, 0) is 66.6 Å². The van der Waals surface area contributed by atoms with Gasteiger partial charge in [-0.1, -0.05) is 45.9 Å². The van der Waals surface area contributed by atoms with Crippen molar-refractivity contribution in [3.63, 3.8) is 0 Å². The third-order valence-corrected chi connectivity index (χ3v) is 9.97. The van der Waals surface area contributed by atoms with Gasteiger partial charge in [0.05, 0.1) is 11.1 Å². The molecule has 6 aromatic rings. The number of hydrogen-bond donors (Lipinski definition) is 0. The van der Waals surface area contributed by atoms with Crippen LogP contribution in [0.15, 0.2) is 73.2 Å². The lowest BCUT2D eigenvalue weighted by atomic mass is 9.61. The smallest absolute Gasteiger partial charge is 0.145 e. The van der Waals surface area contributed by atoms with Gasteiger partial charge in [0.1, 0.15) is 35.0 Å². The van der Waals surface area contributed by atoms with Gasteiger partial charge in [0.2, 0.25) is 0 Å². The Kier molecular flexibility index (Phi) is 5.39. The third-order valence-electron chi connectivity index (χ3n) is 9.97. The van der Waals surface area contributed by atoms with Crippen LogP contribution in [0.25, 0.3) is 38.7 Å². The van der Waals surface area contributed by atoms with Gasteiger partial charge in [0.15, 0.2) is 0 Å². The van der Waals surface area contributed by atoms with Crippen molar-refractivity contribution in [2.45, 2.75) is 64.0 Å². The van der Waals surface area contributed by atoms with Gasteiger partial charge in [0.25, 0.3) is 0 Å². The molecule has 42 heavy (non-hydrogen) atoms. The number of pyridine rings is 1. The molecule has 3 aromatic heterocycles. The Labute approximate surface area is 243 Å². The quantitative estimate of drug-likeness (QED) is 0.202. The summed E-state index contributed by atoms with van der Waals surface area (Å²) < 4.78 is 31.7. The number of ether oxygens (including phenoxy) is 2. The van der Waals surface area contributed by atoms with Crippen molar-refractivity contribution in [1.29, 1.82) is 0 Å². The first kappa shape index (κ1) is 25.5. The molecular weight excluding hydrogens is 527 g/mol. The molecule has 0 N–H and O–H groups in total. The summed E-state index contributed by atoms with van der Waals surface area (Å²) in [6, 6.07) is 17.6. The van der Waals surface area contributed by atoms with Crippen LogP contribution in [0.5, 0.6) is 11.5 Å². The fraction of sp³-hybridized carbons (Fsp3) is 0.314. The molecule has 2 aliphatic rings. The molecule has 0 aliphatic carbocycles. The van der Waals surface area contributed by atoms with Crippen molar-refractivity contribution in [2.24, 2.45) is 0 Å². The number of imidazole rings is 2. The van der Waals surface area contributed by atoms with Crippen molar-refractivity contribution in [3.8, 4) is 22.9 Å². The number of nitrogens with zero attached hydrogens (tertiary/aromatic N) is 4. The fourth-order valence-corrected chi connectivity index (χ4v) is 6.95. The maximum absolute atomic E-state index is 15.1. The maximum atomic E-state index is 15.1. The second-order valence-electron chi connectivity index (χ2n) is 12.7. The van der Waals surface area contributed by atoms with E-state index >= 15 is 4.39 Å². The van der Waals surface area contributed by atoms with Gasteiger partial charge in [-0.15, -0.1) is 0 Å². The zero-order valence-corrected chi connectivity index (χ0v) is 24.3. The van der Waals surface area contributed by atoms with E-state index < -0.39 is 0 Å². The number of hydrogen-bond acceptors (Lipinski definition) is 4. The maximum Gasteiger partial charge on any atom is 0.145 e. The van der Waals surface area contributed by atoms with Crippen LogP contribution in [-0.4, -0.2) is 25.5 Å². The summed E-state index contributed by atoms with van der Waals surface area (Å²) in [4.78, 5) is 9.45. The Morgan fingerprint density at radius 3 is 2.57 bits per heavy atom. The van der Waals surface area contributed by atoms with Crippen LogP contribution >= 0.6 is 0 Å². The average molecular weight is 561 g/mol. The van der Waals surface area contributed by atoms with Crippen LogP contribution in [0.1, 0.15) is 64.4 Å². The lowest BCUT2D eigenvalue weighted by Gasteiger charge is -2.45. The largest absolute Gasteiger partial charge is 0.457 e. The molecule has 1 atom stereocenters. The van der Waals surface area contributed by atoms with Crippen LogP contribution in [0, 0.1) is 5.82 Å². The molecule has 6 nitrogen and oxygen atoms in total. The Morgan fingerprint density at radius 2 is 1.74 bits per heavy atom. The molecule has 1 unspecified atom stereocenters. The normalized spacial score (nSPS) is 19.2. The van der Waals surface area contributed by atoms with Gasteiger partial charge in [0, 0.05) is 52.5 Å². The van der Waals surface area contributed by atoms with E-state index in [0.29, 0.717) is 29.5 Å². The first-order chi connectivity index (χ1) is 20.3. The minimum atomic E-state index is -0.349. The minimum absolute atomic E-state index is 0.0652. The summed E-state index contributed by atoms with van der Waals surface area (Å²) in [5.41, 5.74) is 4.89. The number of aromatic nitrogens is 4. The van der Waals surface area contributed by atoms with E-state index in [2.05, 4.69) is 61.3 Å². The molecule has 1 saturated heterocycles. The summed E-state index contributed by atoms with van der Waals surface area (Å²) in [5, 5.41) is 3.35. The molecule has 0 saturated carbocycles.